The molecule has 1 fully saturated rings. The predicted octanol–water partition coefficient (Wildman–Crippen LogP) is 4.11. The first kappa shape index (κ1) is 28.8. The quantitative estimate of drug-likeness (QED) is 0.384. The van der Waals surface area contributed by atoms with Crippen molar-refractivity contribution in [1.82, 2.24) is 15.5 Å². The Bertz CT molecular complexity index is 1400. The fourth-order valence-corrected chi connectivity index (χ4v) is 4.67. The van der Waals surface area contributed by atoms with Crippen LogP contribution in [0.2, 0.25) is 0 Å². The molecule has 1 aliphatic rings. The zero-order chi connectivity index (χ0) is 28.8. The van der Waals surface area contributed by atoms with E-state index in [1.165, 1.54) is 37.4 Å². The van der Waals surface area contributed by atoms with Gasteiger partial charge < -0.3 is 25.1 Å². The number of ketones is 1. The van der Waals surface area contributed by atoms with Crippen molar-refractivity contribution in [2.45, 2.75) is 45.2 Å². The Morgan fingerprint density at radius 2 is 1.95 bits per heavy atom. The third-order valence-corrected chi connectivity index (χ3v) is 6.64. The van der Waals surface area contributed by atoms with E-state index in [4.69, 9.17) is 9.15 Å². The zero-order valence-corrected chi connectivity index (χ0v) is 22.7. The lowest BCUT2D eigenvalue weighted by atomic mass is 9.99. The van der Waals surface area contributed by atoms with Crippen LogP contribution in [0.5, 0.6) is 5.75 Å². The number of urea groups is 1. The number of amides is 4. The molecular weight excluding hydrogens is 519 g/mol. The second-order valence-corrected chi connectivity index (χ2v) is 10.1. The van der Waals surface area contributed by atoms with E-state index in [2.05, 4.69) is 16.0 Å². The number of anilines is 1. The molecule has 3 aromatic rings. The fraction of sp³-hybridized carbons (Fsp3) is 0.379. The van der Waals surface area contributed by atoms with Crippen molar-refractivity contribution in [3.05, 3.63) is 60.1 Å². The molecule has 0 radical (unpaired) electrons. The number of hydrogen-bond donors (Lipinski definition) is 3. The van der Waals surface area contributed by atoms with Gasteiger partial charge in [0.15, 0.2) is 11.5 Å². The number of halogens is 1. The van der Waals surface area contributed by atoms with Crippen LogP contribution in [-0.4, -0.2) is 60.8 Å². The molecule has 4 amide bonds. The maximum Gasteiger partial charge on any atom is 0.329 e. The molecule has 0 saturated carbocycles. The number of Topliss-reactive ketones (excluding diaryl/α,β-unsaturated/α-hetero) is 1. The highest BCUT2D eigenvalue weighted by molar-refractivity contribution is 6.08. The smallest absolute Gasteiger partial charge is 0.329 e. The van der Waals surface area contributed by atoms with Crippen molar-refractivity contribution in [3.63, 3.8) is 0 Å². The van der Waals surface area contributed by atoms with Gasteiger partial charge in [0, 0.05) is 5.39 Å². The van der Waals surface area contributed by atoms with Crippen LogP contribution in [0.15, 0.2) is 52.9 Å². The maximum absolute atomic E-state index is 14.4. The maximum atomic E-state index is 14.4. The molecule has 0 bridgehead atoms. The van der Waals surface area contributed by atoms with Crippen LogP contribution in [0.25, 0.3) is 11.0 Å². The molecule has 0 aliphatic carbocycles. The molecule has 40 heavy (non-hydrogen) atoms. The van der Waals surface area contributed by atoms with E-state index in [-0.39, 0.29) is 42.5 Å². The normalized spacial score (nSPS) is 16.3. The molecule has 1 aromatic heterocycles. The molecule has 11 heteroatoms. The number of carbonyl (C=O) groups excluding carboxylic acids is 4. The number of methoxy groups -OCH3 is 1. The minimum absolute atomic E-state index is 0.0227. The number of ether oxygens (including phenoxy) is 1. The molecule has 2 heterocycles. The van der Waals surface area contributed by atoms with Gasteiger partial charge in [-0.15, -0.1) is 0 Å². The third-order valence-electron chi connectivity index (χ3n) is 6.64. The lowest BCUT2D eigenvalue weighted by Crippen LogP contribution is -2.58. The molecular formula is C29H33FN4O6. The van der Waals surface area contributed by atoms with Gasteiger partial charge in [0.1, 0.15) is 29.2 Å². The van der Waals surface area contributed by atoms with E-state index >= 15 is 0 Å². The van der Waals surface area contributed by atoms with Gasteiger partial charge in [-0.05, 0) is 68.1 Å². The monoisotopic (exact) mass is 552 g/mol. The Kier molecular flexibility index (Phi) is 9.15. The minimum Gasteiger partial charge on any atom is -0.497 e. The van der Waals surface area contributed by atoms with Crippen LogP contribution in [0, 0.1) is 11.7 Å². The predicted molar refractivity (Wildman–Crippen MR) is 147 cm³/mol. The minimum atomic E-state index is -1.16. The first-order valence-corrected chi connectivity index (χ1v) is 13.2. The number of benzene rings is 2. The van der Waals surface area contributed by atoms with Crippen LogP contribution >= 0.6 is 0 Å². The Balaban J connectivity index is 1.64. The SMILES string of the molecule is COc1ccc2oc(C(=O)NC(CC(C)C)C(=O)N(C(=O)Nc3ccccc3F)[C@H]3CCCNCC3=O)cc2c1. The summed E-state index contributed by atoms with van der Waals surface area (Å²) >= 11 is 0. The van der Waals surface area contributed by atoms with Gasteiger partial charge in [0.05, 0.1) is 19.3 Å². The largest absolute Gasteiger partial charge is 0.497 e. The second-order valence-electron chi connectivity index (χ2n) is 10.1. The molecule has 212 valence electrons. The average molecular weight is 553 g/mol. The van der Waals surface area contributed by atoms with Gasteiger partial charge in [-0.3, -0.25) is 19.3 Å². The summed E-state index contributed by atoms with van der Waals surface area (Å²) < 4.78 is 25.3. The standard InChI is InChI=1S/C29H33FN4O6/c1-17(2)13-22(32-27(36)26-15-18-14-19(39-3)10-11-25(18)40-26)28(37)34(23-9-6-12-31-16-24(23)35)29(38)33-21-8-5-4-7-20(21)30/h4-5,7-8,10-11,14-15,17,22-23,31H,6,9,12-13,16H2,1-3H3,(H,32,36)(H,33,38)/t22?,23-/m0/s1. The number of imide groups is 1. The average Bonchev–Trinajstić information content (AvgIpc) is 3.25. The van der Waals surface area contributed by atoms with Crippen molar-refractivity contribution in [1.29, 1.82) is 0 Å². The van der Waals surface area contributed by atoms with Crippen molar-refractivity contribution < 1.29 is 32.7 Å². The van der Waals surface area contributed by atoms with Gasteiger partial charge in [-0.25, -0.2) is 9.18 Å². The van der Waals surface area contributed by atoms with Crippen LogP contribution in [0.1, 0.15) is 43.7 Å². The van der Waals surface area contributed by atoms with Gasteiger partial charge in [0.25, 0.3) is 11.8 Å². The molecule has 0 spiro atoms. The van der Waals surface area contributed by atoms with E-state index in [0.717, 1.165) is 4.90 Å². The number of carbonyl (C=O) groups is 4. The van der Waals surface area contributed by atoms with Gasteiger partial charge in [0.2, 0.25) is 0 Å². The zero-order valence-electron chi connectivity index (χ0n) is 22.7. The van der Waals surface area contributed by atoms with Crippen molar-refractivity contribution in [3.8, 4) is 5.75 Å². The molecule has 2 atom stereocenters. The van der Waals surface area contributed by atoms with Crippen molar-refractivity contribution >= 4 is 40.3 Å². The first-order valence-electron chi connectivity index (χ1n) is 13.2. The molecule has 4 rings (SSSR count). The Labute approximate surface area is 231 Å². The highest BCUT2D eigenvalue weighted by Gasteiger charge is 2.39. The number of fused-ring (bicyclic) bond motifs is 1. The third kappa shape index (κ3) is 6.66. The number of nitrogens with zero attached hydrogens (tertiary/aromatic N) is 1. The van der Waals surface area contributed by atoms with Crippen LogP contribution in [0.3, 0.4) is 0 Å². The van der Waals surface area contributed by atoms with E-state index < -0.39 is 35.7 Å². The topological polar surface area (TPSA) is 130 Å². The van der Waals surface area contributed by atoms with Gasteiger partial charge in [-0.2, -0.15) is 0 Å². The van der Waals surface area contributed by atoms with Gasteiger partial charge in [-0.1, -0.05) is 26.0 Å². The summed E-state index contributed by atoms with van der Waals surface area (Å²) in [5, 5.41) is 8.75. The van der Waals surface area contributed by atoms with Crippen LogP contribution < -0.4 is 20.7 Å². The van der Waals surface area contributed by atoms with Crippen LogP contribution in [0.4, 0.5) is 14.9 Å². The number of furan rings is 1. The molecule has 1 saturated heterocycles. The van der Waals surface area contributed by atoms with Crippen molar-refractivity contribution in [2.24, 2.45) is 5.92 Å². The summed E-state index contributed by atoms with van der Waals surface area (Å²) in [6, 6.07) is 8.96. The summed E-state index contributed by atoms with van der Waals surface area (Å²) in [7, 11) is 1.53. The molecule has 3 N–H and O–H groups in total. The molecule has 1 unspecified atom stereocenters. The van der Waals surface area contributed by atoms with Crippen LogP contribution in [-0.2, 0) is 9.59 Å². The van der Waals surface area contributed by atoms with Crippen molar-refractivity contribution in [2.75, 3.05) is 25.5 Å². The number of rotatable bonds is 8. The molecule has 10 nitrogen and oxygen atoms in total. The Morgan fingerprint density at radius 1 is 1.18 bits per heavy atom. The lowest BCUT2D eigenvalue weighted by molar-refractivity contribution is -0.137. The van der Waals surface area contributed by atoms with E-state index in [0.29, 0.717) is 29.7 Å². The molecule has 2 aromatic carbocycles. The summed E-state index contributed by atoms with van der Waals surface area (Å²) in [5.41, 5.74) is 0.326. The highest BCUT2D eigenvalue weighted by Crippen LogP contribution is 2.25. The highest BCUT2D eigenvalue weighted by atomic mass is 19.1. The Morgan fingerprint density at radius 3 is 2.67 bits per heavy atom. The summed E-state index contributed by atoms with van der Waals surface area (Å²) in [6.45, 7) is 4.25. The van der Waals surface area contributed by atoms with E-state index in [1.54, 1.807) is 18.2 Å². The number of hydrogen-bond acceptors (Lipinski definition) is 7. The Hall–Kier alpha value is -4.25. The van der Waals surface area contributed by atoms with Gasteiger partial charge >= 0.3 is 6.03 Å². The number of nitrogens with one attached hydrogen (secondary N) is 3. The fourth-order valence-electron chi connectivity index (χ4n) is 4.67. The summed E-state index contributed by atoms with van der Waals surface area (Å²) in [6.07, 6.45) is 0.952. The second kappa shape index (κ2) is 12.7. The summed E-state index contributed by atoms with van der Waals surface area (Å²) in [5.74, 6) is -1.96. The first-order chi connectivity index (χ1) is 19.2. The number of para-hydroxylation sites is 1. The molecule has 1 aliphatic heterocycles. The van der Waals surface area contributed by atoms with E-state index in [1.807, 2.05) is 13.8 Å². The lowest BCUT2D eigenvalue weighted by Gasteiger charge is -2.32. The van der Waals surface area contributed by atoms with E-state index in [9.17, 15) is 23.6 Å². The summed E-state index contributed by atoms with van der Waals surface area (Å²) in [4.78, 5) is 54.6.